The van der Waals surface area contributed by atoms with Crippen molar-refractivity contribution < 1.29 is 0 Å². The van der Waals surface area contributed by atoms with Gasteiger partial charge in [0.25, 0.3) is 0 Å². The monoisotopic (exact) mass is 259 g/mol. The van der Waals surface area contributed by atoms with Crippen molar-refractivity contribution in [2.75, 3.05) is 11.9 Å². The predicted molar refractivity (Wildman–Crippen MR) is 84.9 cm³/mol. The molecule has 0 aromatic heterocycles. The molecule has 106 valence electrons. The van der Waals surface area contributed by atoms with Crippen molar-refractivity contribution in [3.05, 3.63) is 29.3 Å². The van der Waals surface area contributed by atoms with Crippen molar-refractivity contribution in [1.29, 1.82) is 0 Å². The molecule has 1 aromatic carbocycles. The smallest absolute Gasteiger partial charge is 0.0372 e. The molecule has 1 heteroatoms. The number of unbranched alkanes of at least 4 members (excludes halogenated alkanes) is 1. The standard InChI is InChI=1S/C18H29N/c1-3-5-7-15(4-2)9-10-16-11-12-18-17(14-16)8-6-13-19-18/h11-12,14-15,19H,3-10,13H2,1-2H3. The first-order valence-electron chi connectivity index (χ1n) is 8.19. The average Bonchev–Trinajstić information content (AvgIpc) is 2.47. The van der Waals surface area contributed by atoms with Crippen LogP contribution in [0.4, 0.5) is 5.69 Å². The third-order valence-electron chi connectivity index (χ3n) is 4.49. The molecule has 0 radical (unpaired) electrons. The molecule has 2 rings (SSSR count). The molecule has 1 N–H and O–H groups in total. The van der Waals surface area contributed by atoms with Gasteiger partial charge in [-0.25, -0.2) is 0 Å². The quantitative estimate of drug-likeness (QED) is 0.710. The zero-order valence-corrected chi connectivity index (χ0v) is 12.7. The van der Waals surface area contributed by atoms with Gasteiger partial charge in [-0.15, -0.1) is 0 Å². The highest BCUT2D eigenvalue weighted by molar-refractivity contribution is 5.54. The van der Waals surface area contributed by atoms with Crippen LogP contribution >= 0.6 is 0 Å². The lowest BCUT2D eigenvalue weighted by molar-refractivity contribution is 0.422. The Balaban J connectivity index is 1.88. The van der Waals surface area contributed by atoms with Crippen molar-refractivity contribution in [1.82, 2.24) is 0 Å². The molecule has 1 atom stereocenters. The van der Waals surface area contributed by atoms with E-state index in [2.05, 4.69) is 37.4 Å². The second-order valence-corrected chi connectivity index (χ2v) is 5.98. The second-order valence-electron chi connectivity index (χ2n) is 5.98. The van der Waals surface area contributed by atoms with E-state index < -0.39 is 0 Å². The fraction of sp³-hybridized carbons (Fsp3) is 0.667. The summed E-state index contributed by atoms with van der Waals surface area (Å²) >= 11 is 0. The van der Waals surface area contributed by atoms with Crippen molar-refractivity contribution in [3.63, 3.8) is 0 Å². The van der Waals surface area contributed by atoms with Crippen LogP contribution in [0.15, 0.2) is 18.2 Å². The molecule has 0 saturated heterocycles. The molecule has 0 saturated carbocycles. The summed E-state index contributed by atoms with van der Waals surface area (Å²) in [6.45, 7) is 5.78. The lowest BCUT2D eigenvalue weighted by Gasteiger charge is -2.19. The molecular weight excluding hydrogens is 230 g/mol. The van der Waals surface area contributed by atoms with E-state index >= 15 is 0 Å². The Hall–Kier alpha value is -0.980. The number of hydrogen-bond donors (Lipinski definition) is 1. The van der Waals surface area contributed by atoms with E-state index in [0.29, 0.717) is 0 Å². The first-order chi connectivity index (χ1) is 9.33. The lowest BCUT2D eigenvalue weighted by atomic mass is 9.91. The van der Waals surface area contributed by atoms with Crippen molar-refractivity contribution in [3.8, 4) is 0 Å². The Kier molecular flexibility index (Phi) is 5.75. The lowest BCUT2D eigenvalue weighted by Crippen LogP contribution is -2.12. The van der Waals surface area contributed by atoms with E-state index in [9.17, 15) is 0 Å². The molecule has 0 fully saturated rings. The number of benzene rings is 1. The maximum Gasteiger partial charge on any atom is 0.0372 e. The van der Waals surface area contributed by atoms with E-state index in [1.807, 2.05) is 0 Å². The van der Waals surface area contributed by atoms with Crippen LogP contribution in [-0.4, -0.2) is 6.54 Å². The van der Waals surface area contributed by atoms with Crippen LogP contribution in [0.2, 0.25) is 0 Å². The summed E-state index contributed by atoms with van der Waals surface area (Å²) in [5, 5.41) is 3.49. The molecule has 1 aromatic rings. The molecular formula is C18H29N. The van der Waals surface area contributed by atoms with Crippen LogP contribution in [0.3, 0.4) is 0 Å². The van der Waals surface area contributed by atoms with E-state index in [1.165, 1.54) is 68.2 Å². The van der Waals surface area contributed by atoms with Gasteiger partial charge >= 0.3 is 0 Å². The van der Waals surface area contributed by atoms with Gasteiger partial charge in [-0.1, -0.05) is 51.7 Å². The summed E-state index contributed by atoms with van der Waals surface area (Å²) in [4.78, 5) is 0. The first kappa shape index (κ1) is 14.4. The Labute approximate surface area is 118 Å². The number of rotatable bonds is 7. The molecule has 1 aliphatic heterocycles. The van der Waals surface area contributed by atoms with Gasteiger partial charge in [-0.05, 0) is 48.8 Å². The molecule has 1 aliphatic rings. The summed E-state index contributed by atoms with van der Waals surface area (Å²) < 4.78 is 0. The average molecular weight is 259 g/mol. The third kappa shape index (κ3) is 4.26. The van der Waals surface area contributed by atoms with Crippen molar-refractivity contribution in [2.45, 2.75) is 65.2 Å². The van der Waals surface area contributed by atoms with Gasteiger partial charge in [0.15, 0.2) is 0 Å². The largest absolute Gasteiger partial charge is 0.385 e. The molecule has 0 spiro atoms. The SMILES string of the molecule is CCCCC(CC)CCc1ccc2c(c1)CCCN2. The zero-order valence-electron chi connectivity index (χ0n) is 12.7. The van der Waals surface area contributed by atoms with E-state index in [1.54, 1.807) is 0 Å². The first-order valence-corrected chi connectivity index (χ1v) is 8.19. The normalized spacial score (nSPS) is 15.7. The molecule has 0 bridgehead atoms. The Bertz CT molecular complexity index is 383. The third-order valence-corrected chi connectivity index (χ3v) is 4.49. The Morgan fingerprint density at radius 1 is 1.21 bits per heavy atom. The van der Waals surface area contributed by atoms with Crippen LogP contribution in [0.5, 0.6) is 0 Å². The summed E-state index contributed by atoms with van der Waals surface area (Å²) in [6.07, 6.45) is 10.6. The number of anilines is 1. The van der Waals surface area contributed by atoms with Gasteiger partial charge in [0.2, 0.25) is 0 Å². The number of fused-ring (bicyclic) bond motifs is 1. The van der Waals surface area contributed by atoms with Gasteiger partial charge < -0.3 is 5.32 Å². The van der Waals surface area contributed by atoms with E-state index in [-0.39, 0.29) is 0 Å². The summed E-state index contributed by atoms with van der Waals surface area (Å²) in [7, 11) is 0. The zero-order chi connectivity index (χ0) is 13.5. The number of aryl methyl sites for hydroxylation is 2. The topological polar surface area (TPSA) is 12.0 Å². The minimum atomic E-state index is 0.925. The van der Waals surface area contributed by atoms with Crippen molar-refractivity contribution >= 4 is 5.69 Å². The molecule has 0 amide bonds. The van der Waals surface area contributed by atoms with E-state index in [4.69, 9.17) is 0 Å². The Morgan fingerprint density at radius 3 is 2.89 bits per heavy atom. The van der Waals surface area contributed by atoms with Crippen LogP contribution in [0, 0.1) is 5.92 Å². The van der Waals surface area contributed by atoms with Crippen LogP contribution in [0.1, 0.15) is 63.5 Å². The summed E-state index contributed by atoms with van der Waals surface area (Å²) in [5.41, 5.74) is 4.44. The highest BCUT2D eigenvalue weighted by atomic mass is 14.9. The maximum absolute atomic E-state index is 3.49. The van der Waals surface area contributed by atoms with Crippen LogP contribution in [0.25, 0.3) is 0 Å². The molecule has 0 aliphatic carbocycles. The molecule has 1 unspecified atom stereocenters. The van der Waals surface area contributed by atoms with Gasteiger partial charge in [0.1, 0.15) is 0 Å². The van der Waals surface area contributed by atoms with Gasteiger partial charge in [-0.2, -0.15) is 0 Å². The highest BCUT2D eigenvalue weighted by Gasteiger charge is 2.10. The number of nitrogens with one attached hydrogen (secondary N) is 1. The van der Waals surface area contributed by atoms with E-state index in [0.717, 1.165) is 12.5 Å². The maximum atomic E-state index is 3.49. The summed E-state index contributed by atoms with van der Waals surface area (Å²) in [6, 6.07) is 7.05. The Morgan fingerprint density at radius 2 is 2.11 bits per heavy atom. The highest BCUT2D eigenvalue weighted by Crippen LogP contribution is 2.25. The van der Waals surface area contributed by atoms with Crippen LogP contribution < -0.4 is 5.32 Å². The minimum Gasteiger partial charge on any atom is -0.385 e. The van der Waals surface area contributed by atoms with Gasteiger partial charge in [-0.3, -0.25) is 0 Å². The predicted octanol–water partition coefficient (Wildman–Crippen LogP) is 5.19. The van der Waals surface area contributed by atoms with Gasteiger partial charge in [0, 0.05) is 12.2 Å². The minimum absolute atomic E-state index is 0.925. The van der Waals surface area contributed by atoms with Gasteiger partial charge in [0.05, 0.1) is 0 Å². The van der Waals surface area contributed by atoms with Crippen molar-refractivity contribution in [2.24, 2.45) is 5.92 Å². The molecule has 1 nitrogen and oxygen atoms in total. The second kappa shape index (κ2) is 7.57. The van der Waals surface area contributed by atoms with Crippen LogP contribution in [-0.2, 0) is 12.8 Å². The molecule has 19 heavy (non-hydrogen) atoms. The number of hydrogen-bond acceptors (Lipinski definition) is 1. The molecule has 1 heterocycles. The summed E-state index contributed by atoms with van der Waals surface area (Å²) in [5.74, 6) is 0.925. The fourth-order valence-electron chi connectivity index (χ4n) is 3.10. The fourth-order valence-corrected chi connectivity index (χ4v) is 3.10.